The zero-order valence-electron chi connectivity index (χ0n) is 25.2. The highest BCUT2D eigenvalue weighted by Gasteiger charge is 2.34. The van der Waals surface area contributed by atoms with Crippen LogP contribution in [0.15, 0.2) is 83.8 Å². The summed E-state index contributed by atoms with van der Waals surface area (Å²) in [7, 11) is -4.09. The molecule has 0 heterocycles. The first-order chi connectivity index (χ1) is 19.2. The fraction of sp³-hybridized carbons (Fsp3) is 0.394. The van der Waals surface area contributed by atoms with Gasteiger partial charge in [0.25, 0.3) is 10.0 Å². The van der Waals surface area contributed by atoms with Gasteiger partial charge in [-0.2, -0.15) is 0 Å². The van der Waals surface area contributed by atoms with Crippen molar-refractivity contribution in [1.82, 2.24) is 10.2 Å². The molecule has 0 radical (unpaired) electrons. The monoisotopic (exact) mass is 577 g/mol. The van der Waals surface area contributed by atoms with Crippen molar-refractivity contribution in [2.75, 3.05) is 10.8 Å². The molecule has 3 aromatic rings. The topological polar surface area (TPSA) is 86.8 Å². The fourth-order valence-corrected chi connectivity index (χ4v) is 6.09. The zero-order chi connectivity index (χ0) is 30.4. The van der Waals surface area contributed by atoms with E-state index in [9.17, 15) is 18.0 Å². The summed E-state index contributed by atoms with van der Waals surface area (Å²) in [6, 6.07) is 22.3. The van der Waals surface area contributed by atoms with E-state index in [0.717, 1.165) is 21.0 Å². The number of carbonyl (C=O) groups is 2. The molecule has 0 spiro atoms. The number of sulfonamides is 1. The molecule has 0 aliphatic rings. The number of hydrogen-bond donors (Lipinski definition) is 1. The van der Waals surface area contributed by atoms with Crippen molar-refractivity contribution >= 4 is 27.5 Å². The number of rotatable bonds is 11. The molecular weight excluding hydrogens is 534 g/mol. The third-order valence-electron chi connectivity index (χ3n) is 6.78. The highest BCUT2D eigenvalue weighted by atomic mass is 32.2. The van der Waals surface area contributed by atoms with Crippen LogP contribution in [0.4, 0.5) is 5.69 Å². The number of aryl methyl sites for hydroxylation is 1. The van der Waals surface area contributed by atoms with Crippen LogP contribution in [0, 0.1) is 6.92 Å². The van der Waals surface area contributed by atoms with Crippen LogP contribution < -0.4 is 9.62 Å². The molecule has 0 aromatic heterocycles. The van der Waals surface area contributed by atoms with Crippen LogP contribution >= 0.6 is 0 Å². The van der Waals surface area contributed by atoms with Gasteiger partial charge in [0.05, 0.1) is 10.6 Å². The first-order valence-electron chi connectivity index (χ1n) is 14.1. The van der Waals surface area contributed by atoms with Gasteiger partial charge >= 0.3 is 0 Å². The molecule has 220 valence electrons. The van der Waals surface area contributed by atoms with Crippen molar-refractivity contribution in [1.29, 1.82) is 0 Å². The molecule has 8 heteroatoms. The summed E-state index contributed by atoms with van der Waals surface area (Å²) in [5.74, 6) is -0.476. The normalized spacial score (nSPS) is 12.6. The second-order valence-corrected chi connectivity index (χ2v) is 13.6. The van der Waals surface area contributed by atoms with Gasteiger partial charge in [0.2, 0.25) is 11.8 Å². The Morgan fingerprint density at radius 2 is 1.54 bits per heavy atom. The number of anilines is 1. The van der Waals surface area contributed by atoms with E-state index < -0.39 is 34.1 Å². The van der Waals surface area contributed by atoms with Gasteiger partial charge in [-0.25, -0.2) is 8.42 Å². The maximum absolute atomic E-state index is 14.2. The Hall–Kier alpha value is -3.65. The van der Waals surface area contributed by atoms with Gasteiger partial charge < -0.3 is 10.2 Å². The minimum Gasteiger partial charge on any atom is -0.350 e. The Morgan fingerprint density at radius 1 is 0.902 bits per heavy atom. The lowest BCUT2D eigenvalue weighted by atomic mass is 10.0. The third kappa shape index (κ3) is 8.43. The number of nitrogens with zero attached hydrogens (tertiary/aromatic N) is 2. The third-order valence-corrected chi connectivity index (χ3v) is 8.57. The summed E-state index contributed by atoms with van der Waals surface area (Å²) in [6.45, 7) is 13.3. The number of amides is 2. The fourth-order valence-electron chi connectivity index (χ4n) is 4.65. The summed E-state index contributed by atoms with van der Waals surface area (Å²) in [5, 5.41) is 3.00. The Labute approximate surface area is 245 Å². The van der Waals surface area contributed by atoms with Crippen LogP contribution in [0.25, 0.3) is 0 Å². The predicted molar refractivity (Wildman–Crippen MR) is 165 cm³/mol. The first kappa shape index (κ1) is 31.9. The Balaban J connectivity index is 2.08. The lowest BCUT2D eigenvalue weighted by molar-refractivity contribution is -0.141. The molecule has 0 bridgehead atoms. The van der Waals surface area contributed by atoms with Crippen LogP contribution in [0.5, 0.6) is 0 Å². The van der Waals surface area contributed by atoms with Crippen LogP contribution in [-0.4, -0.2) is 43.3 Å². The molecule has 0 unspecified atom stereocenters. The van der Waals surface area contributed by atoms with E-state index in [2.05, 4.69) is 19.2 Å². The first-order valence-corrected chi connectivity index (χ1v) is 15.5. The standard InChI is InChI=1S/C33H43N3O4S/c1-8-30(32(38)34-33(5,6)7)35(22-26-14-12-13-25(4)21-26)31(37)23-36(28-19-17-27(18-20-28)24(2)3)41(39,40)29-15-10-9-11-16-29/h9-21,24,30H,8,22-23H2,1-7H3,(H,34,38)/t30-/m1/s1. The van der Waals surface area contributed by atoms with E-state index in [-0.39, 0.29) is 23.3 Å². The van der Waals surface area contributed by atoms with Gasteiger partial charge in [-0.15, -0.1) is 0 Å². The summed E-state index contributed by atoms with van der Waals surface area (Å²) in [6.07, 6.45) is 0.369. The van der Waals surface area contributed by atoms with E-state index in [0.29, 0.717) is 12.1 Å². The SMILES string of the molecule is CC[C@H](C(=O)NC(C)(C)C)N(Cc1cccc(C)c1)C(=O)CN(c1ccc(C(C)C)cc1)S(=O)(=O)c1ccccc1. The highest BCUT2D eigenvalue weighted by molar-refractivity contribution is 7.92. The number of nitrogens with one attached hydrogen (secondary N) is 1. The van der Waals surface area contributed by atoms with Crippen LogP contribution in [-0.2, 0) is 26.2 Å². The average Bonchev–Trinajstić information content (AvgIpc) is 2.91. The minimum absolute atomic E-state index is 0.0866. The maximum atomic E-state index is 14.2. The van der Waals surface area contributed by atoms with Gasteiger partial charge in [0, 0.05) is 12.1 Å². The molecule has 0 fully saturated rings. The molecule has 1 N–H and O–H groups in total. The maximum Gasteiger partial charge on any atom is 0.264 e. The highest BCUT2D eigenvalue weighted by Crippen LogP contribution is 2.27. The minimum atomic E-state index is -4.09. The van der Waals surface area contributed by atoms with E-state index >= 15 is 0 Å². The zero-order valence-corrected chi connectivity index (χ0v) is 26.0. The lowest BCUT2D eigenvalue weighted by Gasteiger charge is -2.35. The van der Waals surface area contributed by atoms with Crippen molar-refractivity contribution in [2.24, 2.45) is 0 Å². The van der Waals surface area contributed by atoms with Crippen LogP contribution in [0.3, 0.4) is 0 Å². The Kier molecular flexibility index (Phi) is 10.4. The van der Waals surface area contributed by atoms with Crippen LogP contribution in [0.1, 0.15) is 70.6 Å². The molecule has 2 amide bonds. The van der Waals surface area contributed by atoms with Gasteiger partial charge in [0.15, 0.2) is 0 Å². The predicted octanol–water partition coefficient (Wildman–Crippen LogP) is 6.04. The molecule has 41 heavy (non-hydrogen) atoms. The van der Waals surface area contributed by atoms with E-state index in [4.69, 9.17) is 0 Å². The number of hydrogen-bond acceptors (Lipinski definition) is 4. The summed E-state index contributed by atoms with van der Waals surface area (Å²) < 4.78 is 29.0. The van der Waals surface area contributed by atoms with Crippen molar-refractivity contribution in [3.63, 3.8) is 0 Å². The second kappa shape index (κ2) is 13.3. The molecule has 1 atom stereocenters. The molecule has 0 saturated heterocycles. The van der Waals surface area contributed by atoms with Crippen molar-refractivity contribution in [2.45, 2.75) is 83.8 Å². The number of carbonyl (C=O) groups excluding carboxylic acids is 2. The molecule has 0 aliphatic heterocycles. The number of benzene rings is 3. The van der Waals surface area contributed by atoms with Crippen molar-refractivity contribution in [3.05, 3.63) is 95.6 Å². The van der Waals surface area contributed by atoms with Gasteiger partial charge in [-0.3, -0.25) is 13.9 Å². The molecule has 0 saturated carbocycles. The Bertz CT molecular complexity index is 1430. The summed E-state index contributed by atoms with van der Waals surface area (Å²) >= 11 is 0. The van der Waals surface area contributed by atoms with E-state index in [1.807, 2.05) is 71.0 Å². The molecule has 0 aliphatic carbocycles. The van der Waals surface area contributed by atoms with Crippen molar-refractivity contribution in [3.8, 4) is 0 Å². The van der Waals surface area contributed by atoms with Gasteiger partial charge in [0.1, 0.15) is 12.6 Å². The lowest BCUT2D eigenvalue weighted by Crippen LogP contribution is -2.55. The Morgan fingerprint density at radius 3 is 2.07 bits per heavy atom. The second-order valence-electron chi connectivity index (χ2n) is 11.7. The molecule has 3 aromatic carbocycles. The largest absolute Gasteiger partial charge is 0.350 e. The van der Waals surface area contributed by atoms with Gasteiger partial charge in [-0.1, -0.05) is 80.9 Å². The van der Waals surface area contributed by atoms with E-state index in [1.165, 1.54) is 17.0 Å². The van der Waals surface area contributed by atoms with E-state index in [1.54, 1.807) is 30.3 Å². The van der Waals surface area contributed by atoms with Crippen molar-refractivity contribution < 1.29 is 18.0 Å². The smallest absolute Gasteiger partial charge is 0.264 e. The molecule has 3 rings (SSSR count). The quantitative estimate of drug-likeness (QED) is 0.301. The molecule has 7 nitrogen and oxygen atoms in total. The summed E-state index contributed by atoms with van der Waals surface area (Å²) in [5.41, 5.74) is 2.83. The average molecular weight is 578 g/mol. The van der Waals surface area contributed by atoms with Gasteiger partial charge in [-0.05, 0) is 75.4 Å². The summed E-state index contributed by atoms with van der Waals surface area (Å²) in [4.78, 5) is 29.2. The van der Waals surface area contributed by atoms with Crippen LogP contribution in [0.2, 0.25) is 0 Å². The molecular formula is C33H43N3O4S.